The van der Waals surface area contributed by atoms with Gasteiger partial charge in [0.15, 0.2) is 0 Å². The van der Waals surface area contributed by atoms with Gasteiger partial charge in [-0.25, -0.2) is 0 Å². The predicted octanol–water partition coefficient (Wildman–Crippen LogP) is 2.70. The molecule has 0 radical (unpaired) electrons. The first-order valence-corrected chi connectivity index (χ1v) is 10.4. The summed E-state index contributed by atoms with van der Waals surface area (Å²) in [5, 5.41) is 23.4. The lowest BCUT2D eigenvalue weighted by Crippen LogP contribution is -2.48. The van der Waals surface area contributed by atoms with Gasteiger partial charge in [0.1, 0.15) is 17.5 Å². The van der Waals surface area contributed by atoms with Gasteiger partial charge in [0.25, 0.3) is 5.69 Å². The largest absolute Gasteiger partial charge is 0.366 e. The van der Waals surface area contributed by atoms with Gasteiger partial charge in [-0.15, -0.1) is 0 Å². The Morgan fingerprint density at radius 1 is 1.26 bits per heavy atom. The molecular weight excluding hydrogens is 400 g/mol. The smallest absolute Gasteiger partial charge is 0.292 e. The molecule has 1 saturated heterocycles. The molecule has 0 bridgehead atoms. The molecule has 0 aliphatic carbocycles. The number of nitro benzene ring substituents is 1. The van der Waals surface area contributed by atoms with E-state index < -0.39 is 6.04 Å². The molecule has 10 heteroatoms. The topological polar surface area (TPSA) is 133 Å². The molecule has 10 nitrogen and oxygen atoms in total. The highest BCUT2D eigenvalue weighted by Gasteiger charge is 2.31. The molecule has 2 amide bonds. The maximum Gasteiger partial charge on any atom is 0.292 e. The van der Waals surface area contributed by atoms with Gasteiger partial charge in [0.2, 0.25) is 11.8 Å². The SMILES string of the molecule is CC(C)CC(NC(=O)C1CCN(c2ccccc2[N+](=O)[O-])CC1)C(=O)Nc1ccn[nH]1. The summed E-state index contributed by atoms with van der Waals surface area (Å²) in [4.78, 5) is 38.4. The van der Waals surface area contributed by atoms with Gasteiger partial charge in [-0.2, -0.15) is 5.10 Å². The fourth-order valence-electron chi connectivity index (χ4n) is 3.81. The first-order valence-electron chi connectivity index (χ1n) is 10.4. The minimum absolute atomic E-state index is 0.0675. The van der Waals surface area contributed by atoms with E-state index in [1.54, 1.807) is 24.3 Å². The number of carbonyl (C=O) groups excluding carboxylic acids is 2. The number of hydrogen-bond donors (Lipinski definition) is 3. The molecule has 31 heavy (non-hydrogen) atoms. The summed E-state index contributed by atoms with van der Waals surface area (Å²) < 4.78 is 0. The third-order valence-electron chi connectivity index (χ3n) is 5.38. The molecule has 2 aromatic rings. The number of aromatic nitrogens is 2. The number of anilines is 2. The van der Waals surface area contributed by atoms with Crippen LogP contribution in [0.25, 0.3) is 0 Å². The van der Waals surface area contributed by atoms with Gasteiger partial charge in [-0.1, -0.05) is 26.0 Å². The summed E-state index contributed by atoms with van der Waals surface area (Å²) in [5.41, 5.74) is 0.640. The number of rotatable bonds is 8. The molecule has 1 atom stereocenters. The minimum atomic E-state index is -0.649. The van der Waals surface area contributed by atoms with Crippen molar-refractivity contribution in [1.82, 2.24) is 15.5 Å². The highest BCUT2D eigenvalue weighted by molar-refractivity contribution is 5.96. The van der Waals surface area contributed by atoms with Crippen molar-refractivity contribution in [3.05, 3.63) is 46.6 Å². The number of hydrogen-bond acceptors (Lipinski definition) is 6. The maximum atomic E-state index is 12.9. The Morgan fingerprint density at radius 3 is 2.58 bits per heavy atom. The van der Waals surface area contributed by atoms with E-state index in [4.69, 9.17) is 0 Å². The Bertz CT molecular complexity index is 906. The van der Waals surface area contributed by atoms with Crippen LogP contribution in [0, 0.1) is 22.0 Å². The first-order chi connectivity index (χ1) is 14.8. The number of nitro groups is 1. The van der Waals surface area contributed by atoms with Crippen molar-refractivity contribution >= 4 is 29.0 Å². The van der Waals surface area contributed by atoms with Crippen molar-refractivity contribution in [2.45, 2.75) is 39.2 Å². The summed E-state index contributed by atoms with van der Waals surface area (Å²) in [5.74, 6) is 0.00830. The second-order valence-corrected chi connectivity index (χ2v) is 8.16. The molecule has 1 aromatic heterocycles. The van der Waals surface area contributed by atoms with Gasteiger partial charge < -0.3 is 15.5 Å². The van der Waals surface area contributed by atoms with Crippen LogP contribution < -0.4 is 15.5 Å². The van der Waals surface area contributed by atoms with Crippen LogP contribution in [0.2, 0.25) is 0 Å². The Labute approximate surface area is 180 Å². The van der Waals surface area contributed by atoms with Crippen LogP contribution in [0.15, 0.2) is 36.5 Å². The van der Waals surface area contributed by atoms with E-state index in [9.17, 15) is 19.7 Å². The lowest BCUT2D eigenvalue weighted by atomic mass is 9.94. The number of para-hydroxylation sites is 2. The molecule has 1 aliphatic rings. The molecule has 2 heterocycles. The molecule has 1 unspecified atom stereocenters. The van der Waals surface area contributed by atoms with Crippen molar-refractivity contribution in [2.75, 3.05) is 23.3 Å². The normalized spacial score (nSPS) is 15.5. The number of H-pyrrole nitrogens is 1. The van der Waals surface area contributed by atoms with E-state index in [1.165, 1.54) is 12.3 Å². The van der Waals surface area contributed by atoms with E-state index in [1.807, 2.05) is 18.7 Å². The van der Waals surface area contributed by atoms with Crippen LogP contribution in [0.4, 0.5) is 17.2 Å². The fraction of sp³-hybridized carbons (Fsp3) is 0.476. The number of aromatic amines is 1. The number of benzene rings is 1. The Kier molecular flexibility index (Phi) is 7.22. The van der Waals surface area contributed by atoms with Crippen molar-refractivity contribution < 1.29 is 14.5 Å². The third kappa shape index (κ3) is 5.80. The quantitative estimate of drug-likeness (QED) is 0.437. The maximum absolute atomic E-state index is 12.9. The van der Waals surface area contributed by atoms with Gasteiger partial charge in [0.05, 0.1) is 11.1 Å². The molecule has 3 N–H and O–H groups in total. The van der Waals surface area contributed by atoms with Crippen LogP contribution in [0.5, 0.6) is 0 Å². The van der Waals surface area contributed by atoms with Gasteiger partial charge in [-0.05, 0) is 31.2 Å². The minimum Gasteiger partial charge on any atom is -0.366 e. The lowest BCUT2D eigenvalue weighted by molar-refractivity contribution is -0.384. The zero-order chi connectivity index (χ0) is 22.4. The fourth-order valence-corrected chi connectivity index (χ4v) is 3.81. The van der Waals surface area contributed by atoms with E-state index in [2.05, 4.69) is 20.8 Å². The molecular formula is C21H28N6O4. The summed E-state index contributed by atoms with van der Waals surface area (Å²) in [6, 6.07) is 7.63. The Morgan fingerprint density at radius 2 is 1.97 bits per heavy atom. The number of amides is 2. The summed E-state index contributed by atoms with van der Waals surface area (Å²) in [6.45, 7) is 5.07. The van der Waals surface area contributed by atoms with E-state index >= 15 is 0 Å². The zero-order valence-electron chi connectivity index (χ0n) is 17.7. The summed E-state index contributed by atoms with van der Waals surface area (Å²) >= 11 is 0. The molecule has 1 aliphatic heterocycles. The first kappa shape index (κ1) is 22.3. The number of nitrogens with zero attached hydrogens (tertiary/aromatic N) is 3. The van der Waals surface area contributed by atoms with Crippen molar-refractivity contribution in [1.29, 1.82) is 0 Å². The van der Waals surface area contributed by atoms with Crippen LogP contribution in [0.1, 0.15) is 33.1 Å². The molecule has 0 saturated carbocycles. The van der Waals surface area contributed by atoms with Crippen molar-refractivity contribution in [3.8, 4) is 0 Å². The lowest BCUT2D eigenvalue weighted by Gasteiger charge is -2.33. The van der Waals surface area contributed by atoms with Crippen molar-refractivity contribution in [2.24, 2.45) is 11.8 Å². The Hall–Kier alpha value is -3.43. The van der Waals surface area contributed by atoms with Gasteiger partial charge >= 0.3 is 0 Å². The highest BCUT2D eigenvalue weighted by Crippen LogP contribution is 2.31. The number of carbonyl (C=O) groups is 2. The molecule has 0 spiro atoms. The molecule has 166 valence electrons. The zero-order valence-corrected chi connectivity index (χ0v) is 17.7. The monoisotopic (exact) mass is 428 g/mol. The van der Waals surface area contributed by atoms with Crippen LogP contribution in [-0.4, -0.2) is 46.1 Å². The van der Waals surface area contributed by atoms with E-state index in [0.29, 0.717) is 43.9 Å². The Balaban J connectivity index is 1.59. The van der Waals surface area contributed by atoms with Crippen molar-refractivity contribution in [3.63, 3.8) is 0 Å². The standard InChI is InChI=1S/C21H28N6O4/c1-14(2)13-16(21(29)24-19-7-10-22-25-19)23-20(28)15-8-11-26(12-9-15)17-5-3-4-6-18(17)27(30)31/h3-7,10,14-16H,8-9,11-13H2,1-2H3,(H,23,28)(H2,22,24,25,29). The average Bonchev–Trinajstić information content (AvgIpc) is 3.26. The summed E-state index contributed by atoms with van der Waals surface area (Å²) in [6.07, 6.45) is 3.18. The van der Waals surface area contributed by atoms with Crippen LogP contribution >= 0.6 is 0 Å². The van der Waals surface area contributed by atoms with Crippen LogP contribution in [0.3, 0.4) is 0 Å². The molecule has 1 fully saturated rings. The average molecular weight is 428 g/mol. The second kappa shape index (κ2) is 10.1. The van der Waals surface area contributed by atoms with E-state index in [0.717, 1.165) is 0 Å². The molecule has 1 aromatic carbocycles. The predicted molar refractivity (Wildman–Crippen MR) is 117 cm³/mol. The van der Waals surface area contributed by atoms with Gasteiger partial charge in [0, 0.05) is 31.1 Å². The summed E-state index contributed by atoms with van der Waals surface area (Å²) in [7, 11) is 0. The van der Waals surface area contributed by atoms with Gasteiger partial charge in [-0.3, -0.25) is 24.8 Å². The molecule has 3 rings (SSSR count). The van der Waals surface area contributed by atoms with E-state index in [-0.39, 0.29) is 34.3 Å². The number of piperidine rings is 1. The second-order valence-electron chi connectivity index (χ2n) is 8.16. The highest BCUT2D eigenvalue weighted by atomic mass is 16.6. The number of nitrogens with one attached hydrogen (secondary N) is 3. The third-order valence-corrected chi connectivity index (χ3v) is 5.38. The van der Waals surface area contributed by atoms with Crippen LogP contribution in [-0.2, 0) is 9.59 Å².